The van der Waals surface area contributed by atoms with Gasteiger partial charge in [0, 0.05) is 5.92 Å². The molecule has 0 bridgehead atoms. The molecule has 222 valence electrons. The molecule has 44 heavy (non-hydrogen) atoms. The van der Waals surface area contributed by atoms with E-state index < -0.39 is 45.8 Å². The van der Waals surface area contributed by atoms with Crippen LogP contribution in [0.4, 0.5) is 15.8 Å². The Balaban J connectivity index is 1.53. The summed E-state index contributed by atoms with van der Waals surface area (Å²) in [5.74, 6) is -4.15. The van der Waals surface area contributed by atoms with Gasteiger partial charge in [-0.05, 0) is 68.7 Å². The van der Waals surface area contributed by atoms with Crippen LogP contribution in [0, 0.1) is 41.1 Å². The molecule has 2 aliphatic heterocycles. The largest absolute Gasteiger partial charge is 0.488 e. The van der Waals surface area contributed by atoms with Crippen molar-refractivity contribution in [3.8, 4) is 5.75 Å². The average Bonchev–Trinajstić information content (AvgIpc) is 3.51. The predicted molar refractivity (Wildman–Crippen MR) is 157 cm³/mol. The van der Waals surface area contributed by atoms with Gasteiger partial charge in [-0.3, -0.25) is 19.7 Å². The molecule has 7 rings (SSSR count). The van der Waals surface area contributed by atoms with Crippen LogP contribution in [0.3, 0.4) is 0 Å². The highest BCUT2D eigenvalue weighted by Gasteiger charge is 2.67. The van der Waals surface area contributed by atoms with Gasteiger partial charge in [0.15, 0.2) is 11.5 Å². The van der Waals surface area contributed by atoms with Crippen molar-refractivity contribution in [2.75, 3.05) is 5.01 Å². The van der Waals surface area contributed by atoms with Gasteiger partial charge in [0.1, 0.15) is 17.7 Å². The van der Waals surface area contributed by atoms with Gasteiger partial charge < -0.3 is 9.26 Å². The summed E-state index contributed by atoms with van der Waals surface area (Å²) in [5, 5.41) is 22.5. The molecular weight excluding hydrogens is 567 g/mol. The molecule has 1 aliphatic carbocycles. The van der Waals surface area contributed by atoms with Crippen molar-refractivity contribution >= 4 is 28.8 Å². The number of fused-ring (bicyclic) bond motifs is 2. The number of hydrogen-bond acceptors (Lipinski definition) is 8. The molecule has 1 fully saturated rings. The van der Waals surface area contributed by atoms with Gasteiger partial charge in [-0.2, -0.15) is 10.1 Å². The molecule has 1 aromatic heterocycles. The fourth-order valence-corrected chi connectivity index (χ4v) is 7.36. The minimum absolute atomic E-state index is 0.0135. The summed E-state index contributed by atoms with van der Waals surface area (Å²) < 4.78 is 26.6. The van der Waals surface area contributed by atoms with Gasteiger partial charge in [-0.15, -0.1) is 0 Å². The van der Waals surface area contributed by atoms with E-state index in [1.807, 2.05) is 37.3 Å². The summed E-state index contributed by atoms with van der Waals surface area (Å²) in [7, 11) is 0. The zero-order chi connectivity index (χ0) is 30.9. The van der Waals surface area contributed by atoms with E-state index in [4.69, 9.17) is 14.4 Å². The Labute approximate surface area is 251 Å². The third kappa shape index (κ3) is 3.84. The Bertz CT molecular complexity index is 1890. The SMILES string of the molecule is CC1=NN(c2ccccc2)C(=O)[C@]12C[C@@H]1C(=O)c3cc(F)ccc3O[C@H]1[C@H](c1onc(C)c1[N+](=O)[O-])[C@H]2c1ccccc1C. The highest BCUT2D eigenvalue weighted by atomic mass is 19.1. The molecule has 1 spiro atoms. The monoisotopic (exact) mass is 594 g/mol. The molecule has 3 aliphatic rings. The van der Waals surface area contributed by atoms with Crippen molar-refractivity contribution in [1.82, 2.24) is 5.16 Å². The number of aryl methyl sites for hydroxylation is 2. The Hall–Kier alpha value is -5.19. The molecule has 5 atom stereocenters. The van der Waals surface area contributed by atoms with Crippen LogP contribution in [0.5, 0.6) is 5.75 Å². The second-order valence-electron chi connectivity index (χ2n) is 11.6. The third-order valence-corrected chi connectivity index (χ3v) is 9.33. The number of halogens is 1. The molecule has 1 amide bonds. The quantitative estimate of drug-likeness (QED) is 0.201. The molecular formula is C33H27FN4O6. The number of aromatic nitrogens is 1. The number of benzene rings is 3. The van der Waals surface area contributed by atoms with Crippen LogP contribution >= 0.6 is 0 Å². The van der Waals surface area contributed by atoms with Gasteiger partial charge in [-0.25, -0.2) is 4.39 Å². The van der Waals surface area contributed by atoms with Crippen LogP contribution in [0.1, 0.15) is 58.1 Å². The van der Waals surface area contributed by atoms with Crippen molar-refractivity contribution in [3.63, 3.8) is 0 Å². The van der Waals surface area contributed by atoms with E-state index in [1.54, 1.807) is 31.2 Å². The third-order valence-electron chi connectivity index (χ3n) is 9.33. The lowest BCUT2D eigenvalue weighted by Crippen LogP contribution is -2.58. The van der Waals surface area contributed by atoms with Crippen LogP contribution in [0.15, 0.2) is 82.4 Å². The first-order valence-corrected chi connectivity index (χ1v) is 14.2. The number of ether oxygens (including phenoxy) is 1. The lowest BCUT2D eigenvalue weighted by Gasteiger charge is -2.51. The van der Waals surface area contributed by atoms with Crippen molar-refractivity contribution in [1.29, 1.82) is 0 Å². The summed E-state index contributed by atoms with van der Waals surface area (Å²) in [5.41, 5.74) is 0.884. The Kier molecular flexibility index (Phi) is 6.24. The molecule has 4 aromatic rings. The normalized spacial score (nSPS) is 25.8. The lowest BCUT2D eigenvalue weighted by atomic mass is 9.51. The van der Waals surface area contributed by atoms with E-state index >= 15 is 0 Å². The smallest absolute Gasteiger partial charge is 0.334 e. The van der Waals surface area contributed by atoms with Crippen LogP contribution in [-0.4, -0.2) is 33.6 Å². The number of amides is 1. The van der Waals surface area contributed by atoms with Crippen LogP contribution in [0.25, 0.3) is 0 Å². The van der Waals surface area contributed by atoms with Gasteiger partial charge in [0.05, 0.1) is 39.1 Å². The highest BCUT2D eigenvalue weighted by Crippen LogP contribution is 2.63. The van der Waals surface area contributed by atoms with E-state index in [0.717, 1.165) is 17.2 Å². The zero-order valence-corrected chi connectivity index (χ0v) is 24.1. The molecule has 3 aromatic carbocycles. The van der Waals surface area contributed by atoms with Crippen molar-refractivity contribution in [2.45, 2.75) is 45.1 Å². The zero-order valence-electron chi connectivity index (χ0n) is 24.1. The van der Waals surface area contributed by atoms with E-state index in [2.05, 4.69) is 5.16 Å². The van der Waals surface area contributed by atoms with E-state index in [-0.39, 0.29) is 40.8 Å². The molecule has 3 heterocycles. The molecule has 0 radical (unpaired) electrons. The summed E-state index contributed by atoms with van der Waals surface area (Å²) in [6.07, 6.45) is -1.01. The summed E-state index contributed by atoms with van der Waals surface area (Å²) in [6.45, 7) is 5.11. The fraction of sp³-hybridized carbons (Fsp3) is 0.273. The second-order valence-corrected chi connectivity index (χ2v) is 11.6. The summed E-state index contributed by atoms with van der Waals surface area (Å²) in [4.78, 5) is 41.0. The number of hydrazone groups is 1. The number of rotatable bonds is 4. The highest BCUT2D eigenvalue weighted by molar-refractivity contribution is 6.20. The predicted octanol–water partition coefficient (Wildman–Crippen LogP) is 6.28. The minimum Gasteiger partial charge on any atom is -0.488 e. The Morgan fingerprint density at radius 2 is 1.75 bits per heavy atom. The summed E-state index contributed by atoms with van der Waals surface area (Å²) >= 11 is 0. The number of anilines is 1. The van der Waals surface area contributed by atoms with Crippen molar-refractivity contribution < 1.29 is 28.2 Å². The van der Waals surface area contributed by atoms with E-state index in [9.17, 15) is 24.1 Å². The number of nitrogens with zero attached hydrogens (tertiary/aromatic N) is 4. The first-order valence-electron chi connectivity index (χ1n) is 14.2. The van der Waals surface area contributed by atoms with Gasteiger partial charge in [0.2, 0.25) is 5.76 Å². The topological polar surface area (TPSA) is 128 Å². The molecule has 0 N–H and O–H groups in total. The molecule has 0 unspecified atom stereocenters. The molecule has 10 nitrogen and oxygen atoms in total. The number of para-hydroxylation sites is 1. The minimum atomic E-state index is -1.44. The maximum atomic E-state index is 14.9. The molecule has 11 heteroatoms. The second kappa shape index (κ2) is 9.94. The number of carbonyl (C=O) groups is 2. The van der Waals surface area contributed by atoms with Crippen molar-refractivity contribution in [2.24, 2.45) is 16.4 Å². The first-order chi connectivity index (χ1) is 21.1. The Morgan fingerprint density at radius 3 is 2.48 bits per heavy atom. The van der Waals surface area contributed by atoms with Crippen LogP contribution in [0.2, 0.25) is 0 Å². The first kappa shape index (κ1) is 27.6. The average molecular weight is 595 g/mol. The maximum absolute atomic E-state index is 14.9. The summed E-state index contributed by atoms with van der Waals surface area (Å²) in [6, 6.07) is 20.1. The number of Topliss-reactive ketones (excluding diaryl/α,β-unsaturated/α-hetero) is 1. The maximum Gasteiger partial charge on any atom is 0.334 e. The fourth-order valence-electron chi connectivity index (χ4n) is 7.36. The van der Waals surface area contributed by atoms with Crippen molar-refractivity contribution in [3.05, 3.63) is 117 Å². The number of carbonyl (C=O) groups excluding carboxylic acids is 2. The van der Waals surface area contributed by atoms with Gasteiger partial charge >= 0.3 is 5.69 Å². The van der Waals surface area contributed by atoms with Crippen LogP contribution < -0.4 is 9.75 Å². The van der Waals surface area contributed by atoms with Crippen LogP contribution in [-0.2, 0) is 4.79 Å². The standard InChI is InChI=1S/C33H27FN4O6/c1-17-9-7-8-12-22(17)27-26(31-28(38(41)42)18(2)36-44-31)30-24(29(39)23-15-20(34)13-14-25(23)43-30)16-33(27)19(3)35-37(32(33)40)21-10-5-4-6-11-21/h4-15,24,26-27,30H,16H2,1-3H3/t24-,26-,27-,30-,33-/m1/s1. The number of hydrogen-bond donors (Lipinski definition) is 0. The molecule has 1 saturated carbocycles. The molecule has 0 saturated heterocycles. The Morgan fingerprint density at radius 1 is 1.02 bits per heavy atom. The van der Waals surface area contributed by atoms with Gasteiger partial charge in [0.25, 0.3) is 5.91 Å². The van der Waals surface area contributed by atoms with E-state index in [1.165, 1.54) is 24.1 Å². The number of ketones is 1. The van der Waals surface area contributed by atoms with Gasteiger partial charge in [-0.1, -0.05) is 47.6 Å². The lowest BCUT2D eigenvalue weighted by molar-refractivity contribution is -0.387. The number of nitro groups is 1. The van der Waals surface area contributed by atoms with E-state index in [0.29, 0.717) is 11.4 Å².